The molecule has 5 rings (SSSR count). The zero-order valence-electron chi connectivity index (χ0n) is 15.8. The highest BCUT2D eigenvalue weighted by Crippen LogP contribution is 2.25. The molecule has 0 bridgehead atoms. The van der Waals surface area contributed by atoms with Gasteiger partial charge in [-0.1, -0.05) is 18.2 Å². The van der Waals surface area contributed by atoms with Crippen molar-refractivity contribution in [2.24, 2.45) is 0 Å². The molecular formula is C21H20FN7. The van der Waals surface area contributed by atoms with Crippen LogP contribution in [0.15, 0.2) is 55.0 Å². The maximum atomic E-state index is 13.6. The van der Waals surface area contributed by atoms with E-state index in [0.717, 1.165) is 24.5 Å². The minimum atomic E-state index is -0.308. The molecule has 0 radical (unpaired) electrons. The molecule has 4 heterocycles. The normalized spacial score (nSPS) is 13.9. The van der Waals surface area contributed by atoms with Crippen molar-refractivity contribution in [2.75, 3.05) is 23.3 Å². The Morgan fingerprint density at radius 3 is 2.76 bits per heavy atom. The first-order chi connectivity index (χ1) is 14.3. The predicted octanol–water partition coefficient (Wildman–Crippen LogP) is 3.54. The summed E-state index contributed by atoms with van der Waals surface area (Å²) < 4.78 is 15.4. The smallest absolute Gasteiger partial charge is 0.203 e. The molecule has 1 N–H and O–H groups in total. The van der Waals surface area contributed by atoms with E-state index in [-0.39, 0.29) is 5.82 Å². The average molecular weight is 389 g/mol. The lowest BCUT2D eigenvalue weighted by molar-refractivity contribution is 0.628. The van der Waals surface area contributed by atoms with Gasteiger partial charge in [-0.15, -0.1) is 10.2 Å². The molecule has 8 heteroatoms. The minimum Gasteiger partial charge on any atom is -0.363 e. The van der Waals surface area contributed by atoms with E-state index in [4.69, 9.17) is 0 Å². The van der Waals surface area contributed by atoms with Gasteiger partial charge >= 0.3 is 0 Å². The van der Waals surface area contributed by atoms with Crippen LogP contribution in [0.5, 0.6) is 0 Å². The molecule has 0 amide bonds. The average Bonchev–Trinajstić information content (AvgIpc) is 3.43. The third-order valence-electron chi connectivity index (χ3n) is 5.13. The summed E-state index contributed by atoms with van der Waals surface area (Å²) >= 11 is 0. The van der Waals surface area contributed by atoms with E-state index >= 15 is 0 Å². The lowest BCUT2D eigenvalue weighted by Crippen LogP contribution is -2.21. The molecule has 1 aromatic carbocycles. The minimum absolute atomic E-state index is 0.308. The first-order valence-electron chi connectivity index (χ1n) is 9.68. The number of rotatable bonds is 5. The van der Waals surface area contributed by atoms with Crippen LogP contribution in [0.25, 0.3) is 17.0 Å². The molecule has 3 aromatic heterocycles. The van der Waals surface area contributed by atoms with Gasteiger partial charge in [0.25, 0.3) is 0 Å². The van der Waals surface area contributed by atoms with Gasteiger partial charge in [0.15, 0.2) is 11.6 Å². The van der Waals surface area contributed by atoms with E-state index in [1.165, 1.54) is 25.0 Å². The van der Waals surface area contributed by atoms with Gasteiger partial charge in [0.05, 0.1) is 0 Å². The fourth-order valence-electron chi connectivity index (χ4n) is 3.74. The van der Waals surface area contributed by atoms with Crippen LogP contribution in [0.3, 0.4) is 0 Å². The Morgan fingerprint density at radius 1 is 1.00 bits per heavy atom. The molecule has 0 spiro atoms. The molecule has 1 aliphatic heterocycles. The van der Waals surface area contributed by atoms with Crippen molar-refractivity contribution in [1.82, 2.24) is 24.6 Å². The summed E-state index contributed by atoms with van der Waals surface area (Å²) in [7, 11) is 0. The predicted molar refractivity (Wildman–Crippen MR) is 109 cm³/mol. The molecule has 4 aromatic rings. The van der Waals surface area contributed by atoms with Crippen molar-refractivity contribution < 1.29 is 4.39 Å². The Hall–Kier alpha value is -3.55. The van der Waals surface area contributed by atoms with Crippen molar-refractivity contribution in [3.8, 4) is 11.4 Å². The zero-order valence-corrected chi connectivity index (χ0v) is 15.8. The topological polar surface area (TPSA) is 71.2 Å². The molecule has 1 aliphatic rings. The summed E-state index contributed by atoms with van der Waals surface area (Å²) in [5.41, 5.74) is 2.37. The lowest BCUT2D eigenvalue weighted by atomic mass is 10.2. The second-order valence-electron chi connectivity index (χ2n) is 7.04. The van der Waals surface area contributed by atoms with Gasteiger partial charge in [-0.05, 0) is 31.0 Å². The van der Waals surface area contributed by atoms with E-state index in [1.54, 1.807) is 18.5 Å². The molecule has 1 fully saturated rings. The summed E-state index contributed by atoms with van der Waals surface area (Å²) in [5.74, 6) is 1.91. The van der Waals surface area contributed by atoms with Crippen LogP contribution >= 0.6 is 0 Å². The number of nitrogens with one attached hydrogen (secondary N) is 1. The standard InChI is InChI=1S/C21H20FN7/c22-17-7-3-5-15(13-17)20-26-27-21-18(23-9-12-29(20)21)25-14-16-6-4-8-24-19(16)28-10-1-2-11-28/h3-9,12-13H,1-2,10-11,14H2,(H,23,25). The summed E-state index contributed by atoms with van der Waals surface area (Å²) in [5, 5.41) is 11.9. The number of hydrogen-bond donors (Lipinski definition) is 1. The Bertz CT molecular complexity index is 1150. The molecule has 0 unspecified atom stereocenters. The van der Waals surface area contributed by atoms with Gasteiger partial charge in [0, 0.05) is 49.4 Å². The van der Waals surface area contributed by atoms with Gasteiger partial charge in [0.2, 0.25) is 5.65 Å². The fraction of sp³-hybridized carbons (Fsp3) is 0.238. The van der Waals surface area contributed by atoms with Crippen LogP contribution in [0.1, 0.15) is 18.4 Å². The molecular weight excluding hydrogens is 369 g/mol. The second kappa shape index (κ2) is 7.46. The van der Waals surface area contributed by atoms with Gasteiger partial charge in [0.1, 0.15) is 11.6 Å². The number of pyridine rings is 1. The quantitative estimate of drug-likeness (QED) is 0.563. The highest BCUT2D eigenvalue weighted by Gasteiger charge is 2.17. The van der Waals surface area contributed by atoms with Crippen LogP contribution in [-0.4, -0.2) is 37.7 Å². The molecule has 29 heavy (non-hydrogen) atoms. The number of hydrogen-bond acceptors (Lipinski definition) is 6. The monoisotopic (exact) mass is 389 g/mol. The van der Waals surface area contributed by atoms with Crippen molar-refractivity contribution in [1.29, 1.82) is 0 Å². The maximum absolute atomic E-state index is 13.6. The van der Waals surface area contributed by atoms with Crippen LogP contribution in [0.4, 0.5) is 16.0 Å². The summed E-state index contributed by atoms with van der Waals surface area (Å²) in [6.45, 7) is 2.66. The van der Waals surface area contributed by atoms with Crippen molar-refractivity contribution >= 4 is 17.3 Å². The van der Waals surface area contributed by atoms with Crippen LogP contribution in [0, 0.1) is 5.82 Å². The molecule has 146 valence electrons. The van der Waals surface area contributed by atoms with Crippen LogP contribution < -0.4 is 10.2 Å². The van der Waals surface area contributed by atoms with E-state index in [2.05, 4.69) is 36.4 Å². The highest BCUT2D eigenvalue weighted by molar-refractivity contribution is 5.68. The summed E-state index contributed by atoms with van der Waals surface area (Å²) in [6.07, 6.45) is 7.70. The molecule has 0 saturated carbocycles. The van der Waals surface area contributed by atoms with E-state index in [0.29, 0.717) is 29.4 Å². The van der Waals surface area contributed by atoms with Gasteiger partial charge < -0.3 is 10.2 Å². The van der Waals surface area contributed by atoms with Crippen molar-refractivity contribution in [3.05, 3.63) is 66.4 Å². The van der Waals surface area contributed by atoms with E-state index in [9.17, 15) is 4.39 Å². The van der Waals surface area contributed by atoms with Crippen molar-refractivity contribution in [3.63, 3.8) is 0 Å². The first-order valence-corrected chi connectivity index (χ1v) is 9.68. The highest BCUT2D eigenvalue weighted by atomic mass is 19.1. The Kier molecular flexibility index (Phi) is 4.51. The van der Waals surface area contributed by atoms with Gasteiger partial charge in [-0.3, -0.25) is 4.40 Å². The molecule has 1 saturated heterocycles. The third-order valence-corrected chi connectivity index (χ3v) is 5.13. The maximum Gasteiger partial charge on any atom is 0.203 e. The summed E-state index contributed by atoms with van der Waals surface area (Å²) in [6, 6.07) is 10.4. The number of halogens is 1. The Morgan fingerprint density at radius 2 is 1.90 bits per heavy atom. The van der Waals surface area contributed by atoms with Crippen molar-refractivity contribution in [2.45, 2.75) is 19.4 Å². The van der Waals surface area contributed by atoms with Crippen LogP contribution in [0.2, 0.25) is 0 Å². The molecule has 7 nitrogen and oxygen atoms in total. The second-order valence-corrected chi connectivity index (χ2v) is 7.04. The lowest BCUT2D eigenvalue weighted by Gasteiger charge is -2.20. The number of benzene rings is 1. The SMILES string of the molecule is Fc1cccc(-c2nnc3c(NCc4cccnc4N4CCCC4)nccn23)c1. The Balaban J connectivity index is 1.44. The third kappa shape index (κ3) is 3.37. The first kappa shape index (κ1) is 17.5. The number of anilines is 2. The van der Waals surface area contributed by atoms with E-state index < -0.39 is 0 Å². The zero-order chi connectivity index (χ0) is 19.6. The fourth-order valence-corrected chi connectivity index (χ4v) is 3.74. The van der Waals surface area contributed by atoms with E-state index in [1.807, 2.05) is 22.7 Å². The number of nitrogens with zero attached hydrogens (tertiary/aromatic N) is 6. The molecule has 0 aliphatic carbocycles. The van der Waals surface area contributed by atoms with Gasteiger partial charge in [-0.25, -0.2) is 14.4 Å². The molecule has 0 atom stereocenters. The number of fused-ring (bicyclic) bond motifs is 1. The summed E-state index contributed by atoms with van der Waals surface area (Å²) in [4.78, 5) is 11.3. The van der Waals surface area contributed by atoms with Gasteiger partial charge in [-0.2, -0.15) is 0 Å². The largest absolute Gasteiger partial charge is 0.363 e. The van der Waals surface area contributed by atoms with Crippen LogP contribution in [-0.2, 0) is 6.54 Å². The Labute approximate surface area is 167 Å². The number of aromatic nitrogens is 5.